The molecule has 4 aromatic rings. The zero-order valence-corrected chi connectivity index (χ0v) is 27.3. The average Bonchev–Trinajstić information content (AvgIpc) is 3.09. The highest BCUT2D eigenvalue weighted by molar-refractivity contribution is 8.19. The van der Waals surface area contributed by atoms with Gasteiger partial charge in [0.2, 0.25) is 0 Å². The van der Waals surface area contributed by atoms with Crippen LogP contribution in [0.15, 0.2) is 121 Å². The van der Waals surface area contributed by atoms with E-state index in [0.29, 0.717) is 0 Å². The van der Waals surface area contributed by atoms with Gasteiger partial charge in [-0.3, -0.25) is 4.79 Å². The second-order valence-corrected chi connectivity index (χ2v) is 13.3. The second kappa shape index (κ2) is 16.1. The van der Waals surface area contributed by atoms with Crippen molar-refractivity contribution < 1.29 is 28.8 Å². The largest absolute Gasteiger partial charge is 0.382 e. The maximum absolute atomic E-state index is 14.7. The number of rotatable bonds is 15. The fraction of sp³-hybridized carbons (Fsp3) is 0.324. The molecule has 0 bridgehead atoms. The molecule has 1 aliphatic carbocycles. The molecule has 0 aromatic heterocycles. The fourth-order valence-electron chi connectivity index (χ4n) is 5.75. The maximum Gasteiger partial charge on any atom is 0.193 e. The van der Waals surface area contributed by atoms with Crippen LogP contribution in [0.1, 0.15) is 22.3 Å². The van der Waals surface area contributed by atoms with E-state index in [1.165, 1.54) is 23.5 Å². The predicted octanol–water partition coefficient (Wildman–Crippen LogP) is 6.70. The second-order valence-electron chi connectivity index (χ2n) is 11.0. The van der Waals surface area contributed by atoms with Crippen molar-refractivity contribution in [3.8, 4) is 0 Å². The standard InChI is InChI=1S/C37H40O6S2/c1-44-37(45-2)34(38)32(41-24-29-17-9-4-10-18-29)33(42-25-30-19-11-5-12-20-30)35(43-26-31-21-13-6-14-22-31)36(37,39)27-40-23-28-15-7-3-8-16-28/h3-22,32-33,35,39H,23-27H2,1-2H3/t32-,33-,35+,36-/m1/s1. The molecule has 0 amide bonds. The number of hydrogen-bond acceptors (Lipinski definition) is 8. The zero-order valence-electron chi connectivity index (χ0n) is 25.6. The number of hydrogen-bond donors (Lipinski definition) is 1. The van der Waals surface area contributed by atoms with E-state index in [0.717, 1.165) is 22.3 Å². The van der Waals surface area contributed by atoms with Gasteiger partial charge in [-0.25, -0.2) is 0 Å². The first-order chi connectivity index (χ1) is 22.0. The minimum Gasteiger partial charge on any atom is -0.382 e. The van der Waals surface area contributed by atoms with Crippen LogP contribution in [0.5, 0.6) is 0 Å². The lowest BCUT2D eigenvalue weighted by atomic mass is 9.76. The lowest BCUT2D eigenvalue weighted by Crippen LogP contribution is -2.76. The van der Waals surface area contributed by atoms with Crippen LogP contribution in [0.2, 0.25) is 0 Å². The van der Waals surface area contributed by atoms with Crippen LogP contribution in [0.3, 0.4) is 0 Å². The summed E-state index contributed by atoms with van der Waals surface area (Å²) >= 11 is 2.58. The molecule has 0 saturated heterocycles. The highest BCUT2D eigenvalue weighted by Crippen LogP contribution is 2.53. The average molecular weight is 645 g/mol. The van der Waals surface area contributed by atoms with Crippen molar-refractivity contribution in [3.63, 3.8) is 0 Å². The third-order valence-electron chi connectivity index (χ3n) is 8.06. The number of thioether (sulfide) groups is 2. The van der Waals surface area contributed by atoms with Crippen LogP contribution >= 0.6 is 23.5 Å². The van der Waals surface area contributed by atoms with Gasteiger partial charge < -0.3 is 24.1 Å². The Morgan fingerprint density at radius 1 is 0.600 bits per heavy atom. The number of benzene rings is 4. The molecule has 5 rings (SSSR count). The van der Waals surface area contributed by atoms with Gasteiger partial charge in [0.05, 0.1) is 33.0 Å². The Morgan fingerprint density at radius 3 is 1.44 bits per heavy atom. The molecule has 236 valence electrons. The van der Waals surface area contributed by atoms with Gasteiger partial charge in [0.15, 0.2) is 9.86 Å². The first-order valence-corrected chi connectivity index (χ1v) is 17.4. The van der Waals surface area contributed by atoms with Gasteiger partial charge in [0.25, 0.3) is 0 Å². The van der Waals surface area contributed by atoms with Gasteiger partial charge in [0.1, 0.15) is 23.9 Å². The van der Waals surface area contributed by atoms with E-state index < -0.39 is 28.0 Å². The Bertz CT molecular complexity index is 1450. The molecule has 0 spiro atoms. The van der Waals surface area contributed by atoms with Crippen LogP contribution in [0.4, 0.5) is 0 Å². The summed E-state index contributed by atoms with van der Waals surface area (Å²) in [5, 5.41) is 12.9. The molecular formula is C37H40O6S2. The molecular weight excluding hydrogens is 605 g/mol. The minimum absolute atomic E-state index is 0.147. The van der Waals surface area contributed by atoms with Gasteiger partial charge in [-0.1, -0.05) is 121 Å². The summed E-state index contributed by atoms with van der Waals surface area (Å²) in [6.45, 7) is 0.740. The lowest BCUT2D eigenvalue weighted by Gasteiger charge is -2.55. The predicted molar refractivity (Wildman–Crippen MR) is 181 cm³/mol. The summed E-state index contributed by atoms with van der Waals surface area (Å²) in [5.74, 6) is -0.262. The quantitative estimate of drug-likeness (QED) is 0.144. The Hall–Kier alpha value is -2.95. The van der Waals surface area contributed by atoms with Gasteiger partial charge in [-0.2, -0.15) is 0 Å². The van der Waals surface area contributed by atoms with E-state index in [4.69, 9.17) is 18.9 Å². The Morgan fingerprint density at radius 2 is 1.00 bits per heavy atom. The lowest BCUT2D eigenvalue weighted by molar-refractivity contribution is -0.241. The fourth-order valence-corrected chi connectivity index (χ4v) is 8.11. The first-order valence-electron chi connectivity index (χ1n) is 15.0. The normalized spacial score (nSPS) is 22.7. The maximum atomic E-state index is 14.7. The molecule has 0 radical (unpaired) electrons. The van der Waals surface area contributed by atoms with E-state index >= 15 is 0 Å². The highest BCUT2D eigenvalue weighted by atomic mass is 32.2. The van der Waals surface area contributed by atoms with Gasteiger partial charge in [0, 0.05) is 0 Å². The summed E-state index contributed by atoms with van der Waals surface area (Å²) in [6.07, 6.45) is 0.761. The van der Waals surface area contributed by atoms with Crippen LogP contribution in [0, 0.1) is 0 Å². The van der Waals surface area contributed by atoms with Crippen molar-refractivity contribution in [2.75, 3.05) is 19.1 Å². The van der Waals surface area contributed by atoms with Crippen molar-refractivity contribution in [1.82, 2.24) is 0 Å². The zero-order chi connectivity index (χ0) is 31.5. The van der Waals surface area contributed by atoms with Crippen LogP contribution < -0.4 is 0 Å². The van der Waals surface area contributed by atoms with Crippen LogP contribution in [-0.4, -0.2) is 58.0 Å². The number of carbonyl (C=O) groups excluding carboxylic acids is 1. The van der Waals surface area contributed by atoms with E-state index in [9.17, 15) is 9.90 Å². The van der Waals surface area contributed by atoms with Crippen molar-refractivity contribution in [2.45, 2.75) is 54.4 Å². The third-order valence-corrected chi connectivity index (χ3v) is 11.3. The van der Waals surface area contributed by atoms with E-state index in [-0.39, 0.29) is 38.8 Å². The molecule has 1 fully saturated rings. The summed E-state index contributed by atoms with van der Waals surface area (Å²) in [6, 6.07) is 39.0. The highest BCUT2D eigenvalue weighted by Gasteiger charge is 2.69. The van der Waals surface area contributed by atoms with E-state index in [1.807, 2.05) is 134 Å². The summed E-state index contributed by atoms with van der Waals surface area (Å²) in [4.78, 5) is 14.7. The molecule has 6 nitrogen and oxygen atoms in total. The summed E-state index contributed by atoms with van der Waals surface area (Å²) in [7, 11) is 0. The van der Waals surface area contributed by atoms with Gasteiger partial charge in [-0.05, 0) is 34.8 Å². The molecule has 4 aromatic carbocycles. The summed E-state index contributed by atoms with van der Waals surface area (Å²) < 4.78 is 24.6. The summed E-state index contributed by atoms with van der Waals surface area (Å²) in [5.41, 5.74) is 1.98. The molecule has 0 aliphatic heterocycles. The number of Topliss-reactive ketones (excluding diaryl/α,β-unsaturated/α-hetero) is 1. The third kappa shape index (κ3) is 7.72. The molecule has 8 heteroatoms. The molecule has 1 saturated carbocycles. The minimum atomic E-state index is -1.78. The molecule has 1 N–H and O–H groups in total. The van der Waals surface area contributed by atoms with Gasteiger partial charge in [-0.15, -0.1) is 23.5 Å². The van der Waals surface area contributed by atoms with Gasteiger partial charge >= 0.3 is 0 Å². The van der Waals surface area contributed by atoms with Crippen molar-refractivity contribution in [2.24, 2.45) is 0 Å². The van der Waals surface area contributed by atoms with Crippen molar-refractivity contribution in [3.05, 3.63) is 144 Å². The van der Waals surface area contributed by atoms with Crippen LogP contribution in [-0.2, 0) is 50.2 Å². The molecule has 45 heavy (non-hydrogen) atoms. The number of ether oxygens (including phenoxy) is 4. The Balaban J connectivity index is 1.54. The smallest absolute Gasteiger partial charge is 0.193 e. The Labute approximate surface area is 274 Å². The van der Waals surface area contributed by atoms with Crippen LogP contribution in [0.25, 0.3) is 0 Å². The molecule has 4 atom stereocenters. The Kier molecular flexibility index (Phi) is 11.9. The number of carbonyl (C=O) groups is 1. The van der Waals surface area contributed by atoms with Crippen molar-refractivity contribution >= 4 is 29.3 Å². The first kappa shape index (κ1) is 33.4. The number of ketones is 1. The van der Waals surface area contributed by atoms with E-state index in [1.54, 1.807) is 0 Å². The number of aliphatic hydroxyl groups is 1. The topological polar surface area (TPSA) is 74.2 Å². The molecule has 1 aliphatic rings. The SMILES string of the molecule is CSC1(SC)C(=O)[C@H](OCc2ccccc2)[C@@H](OCc2ccccc2)[C@H](OCc2ccccc2)[C@]1(O)COCc1ccccc1. The van der Waals surface area contributed by atoms with Crippen molar-refractivity contribution in [1.29, 1.82) is 0 Å². The monoisotopic (exact) mass is 644 g/mol. The molecule has 0 unspecified atom stereocenters. The van der Waals surface area contributed by atoms with E-state index in [2.05, 4.69) is 0 Å². The molecule has 0 heterocycles.